The molecule has 1 amide bonds. The van der Waals surface area contributed by atoms with Crippen molar-refractivity contribution in [2.24, 2.45) is 0 Å². The monoisotopic (exact) mass is 1040 g/mol. The van der Waals surface area contributed by atoms with Crippen molar-refractivity contribution in [2.75, 3.05) is 13.2 Å². The van der Waals surface area contributed by atoms with E-state index in [0.29, 0.717) is 25.9 Å². The van der Waals surface area contributed by atoms with Crippen LogP contribution in [-0.4, -0.2) is 47.4 Å². The molecule has 0 heterocycles. The Kier molecular flexibility index (Phi) is 62.9. The van der Waals surface area contributed by atoms with Crippen LogP contribution in [0.25, 0.3) is 0 Å². The van der Waals surface area contributed by atoms with Crippen LogP contribution in [0.5, 0.6) is 0 Å². The molecule has 0 saturated heterocycles. The number of allylic oxidation sites excluding steroid dienone is 2. The van der Waals surface area contributed by atoms with Crippen LogP contribution in [0.1, 0.15) is 386 Å². The van der Waals surface area contributed by atoms with Crippen molar-refractivity contribution in [3.05, 3.63) is 12.2 Å². The minimum absolute atomic E-state index is 0.0201. The van der Waals surface area contributed by atoms with Gasteiger partial charge >= 0.3 is 5.97 Å². The number of unbranched alkanes of at least 4 members (excludes halogenated alkanes) is 51. The number of aliphatic hydroxyl groups excluding tert-OH is 2. The maximum absolute atomic E-state index is 12.5. The lowest BCUT2D eigenvalue weighted by molar-refractivity contribution is -0.143. The molecule has 74 heavy (non-hydrogen) atoms. The Bertz CT molecular complexity index is 1110. The highest BCUT2D eigenvalue weighted by Gasteiger charge is 2.20. The van der Waals surface area contributed by atoms with Crippen molar-refractivity contribution >= 4 is 11.9 Å². The van der Waals surface area contributed by atoms with Gasteiger partial charge in [-0.3, -0.25) is 9.59 Å². The molecular weight excluding hydrogens is 911 g/mol. The Hall–Kier alpha value is -1.40. The average molecular weight is 1040 g/mol. The summed E-state index contributed by atoms with van der Waals surface area (Å²) >= 11 is 0. The number of hydrogen-bond donors (Lipinski definition) is 3. The zero-order valence-corrected chi connectivity index (χ0v) is 50.4. The average Bonchev–Trinajstić information content (AvgIpc) is 3.40. The number of carbonyl (C=O) groups is 2. The van der Waals surface area contributed by atoms with Crippen molar-refractivity contribution in [1.82, 2.24) is 5.32 Å². The second-order valence-corrected chi connectivity index (χ2v) is 23.5. The molecule has 0 rings (SSSR count). The van der Waals surface area contributed by atoms with E-state index in [1.165, 1.54) is 315 Å². The van der Waals surface area contributed by atoms with Gasteiger partial charge in [0, 0.05) is 12.8 Å². The van der Waals surface area contributed by atoms with E-state index in [-0.39, 0.29) is 18.5 Å². The summed E-state index contributed by atoms with van der Waals surface area (Å²) in [5.74, 6) is -0.0111. The van der Waals surface area contributed by atoms with E-state index in [1.54, 1.807) is 0 Å². The number of nitrogens with one attached hydrogen (secondary N) is 1. The third-order valence-corrected chi connectivity index (χ3v) is 16.1. The highest BCUT2D eigenvalue weighted by molar-refractivity contribution is 5.76. The Balaban J connectivity index is 3.34. The first kappa shape index (κ1) is 72.6. The molecule has 0 spiro atoms. The first-order valence-corrected chi connectivity index (χ1v) is 33.9. The van der Waals surface area contributed by atoms with Crippen molar-refractivity contribution in [3.63, 3.8) is 0 Å². The van der Waals surface area contributed by atoms with Gasteiger partial charge in [0.25, 0.3) is 0 Å². The second-order valence-electron chi connectivity index (χ2n) is 23.5. The summed E-state index contributed by atoms with van der Waals surface area (Å²) in [6.45, 7) is 4.98. The third-order valence-electron chi connectivity index (χ3n) is 16.1. The summed E-state index contributed by atoms with van der Waals surface area (Å²) < 4.78 is 5.49. The van der Waals surface area contributed by atoms with Crippen LogP contribution < -0.4 is 5.32 Å². The maximum atomic E-state index is 12.5. The number of hydrogen-bond acceptors (Lipinski definition) is 5. The molecule has 440 valence electrons. The van der Waals surface area contributed by atoms with Gasteiger partial charge in [-0.15, -0.1) is 0 Å². The van der Waals surface area contributed by atoms with Gasteiger partial charge in [0.1, 0.15) is 0 Å². The van der Waals surface area contributed by atoms with Crippen LogP contribution in [0.2, 0.25) is 0 Å². The van der Waals surface area contributed by atoms with Crippen molar-refractivity contribution in [1.29, 1.82) is 0 Å². The van der Waals surface area contributed by atoms with Crippen LogP contribution in [0.15, 0.2) is 12.2 Å². The Morgan fingerprint density at radius 1 is 0.365 bits per heavy atom. The maximum Gasteiger partial charge on any atom is 0.305 e. The molecule has 3 N–H and O–H groups in total. The minimum atomic E-state index is -0.661. The van der Waals surface area contributed by atoms with Crippen LogP contribution in [-0.2, 0) is 14.3 Å². The zero-order chi connectivity index (χ0) is 53.6. The number of rotatable bonds is 64. The predicted molar refractivity (Wildman–Crippen MR) is 324 cm³/mol. The highest BCUT2D eigenvalue weighted by Crippen LogP contribution is 2.19. The first-order valence-electron chi connectivity index (χ1n) is 33.9. The summed E-state index contributed by atoms with van der Waals surface area (Å²) in [6, 6.07) is -0.539. The number of ether oxygens (including phenoxy) is 1. The summed E-state index contributed by atoms with van der Waals surface area (Å²) in [7, 11) is 0. The molecule has 0 aromatic heterocycles. The quantitative estimate of drug-likeness (QED) is 0.0320. The van der Waals surface area contributed by atoms with Crippen LogP contribution in [0, 0.1) is 0 Å². The number of amides is 1. The largest absolute Gasteiger partial charge is 0.466 e. The molecule has 0 saturated carbocycles. The molecule has 6 heteroatoms. The molecule has 0 radical (unpaired) electrons. The summed E-state index contributed by atoms with van der Waals surface area (Å²) in [6.07, 6.45) is 78.3. The highest BCUT2D eigenvalue weighted by atomic mass is 16.5. The van der Waals surface area contributed by atoms with Crippen LogP contribution >= 0.6 is 0 Å². The smallest absolute Gasteiger partial charge is 0.305 e. The second kappa shape index (κ2) is 64.1. The molecule has 0 aliphatic rings. The van der Waals surface area contributed by atoms with Gasteiger partial charge < -0.3 is 20.3 Å². The number of esters is 1. The van der Waals surface area contributed by atoms with E-state index in [1.807, 2.05) is 0 Å². The lowest BCUT2D eigenvalue weighted by Crippen LogP contribution is -2.45. The lowest BCUT2D eigenvalue weighted by Gasteiger charge is -2.22. The Labute approximate surface area is 463 Å². The van der Waals surface area contributed by atoms with E-state index in [9.17, 15) is 19.8 Å². The lowest BCUT2D eigenvalue weighted by atomic mass is 10.0. The summed E-state index contributed by atoms with van der Waals surface area (Å²) in [5, 5.41) is 23.3. The van der Waals surface area contributed by atoms with Crippen LogP contribution in [0.4, 0.5) is 0 Å². The van der Waals surface area contributed by atoms with E-state index >= 15 is 0 Å². The Morgan fingerprint density at radius 2 is 0.635 bits per heavy atom. The van der Waals surface area contributed by atoms with E-state index < -0.39 is 12.1 Å². The molecular formula is C68H133NO5. The van der Waals surface area contributed by atoms with E-state index in [4.69, 9.17) is 4.74 Å². The molecule has 0 aromatic rings. The molecule has 0 aliphatic heterocycles. The third kappa shape index (κ3) is 59.8. The van der Waals surface area contributed by atoms with Gasteiger partial charge in [0.15, 0.2) is 0 Å². The van der Waals surface area contributed by atoms with E-state index in [2.05, 4.69) is 31.3 Å². The van der Waals surface area contributed by atoms with Crippen molar-refractivity contribution in [2.45, 2.75) is 398 Å². The first-order chi connectivity index (χ1) is 36.5. The molecule has 2 atom stereocenters. The number of carbonyl (C=O) groups excluding carboxylic acids is 2. The van der Waals surface area contributed by atoms with E-state index in [0.717, 1.165) is 38.5 Å². The van der Waals surface area contributed by atoms with Gasteiger partial charge in [0.2, 0.25) is 5.91 Å². The van der Waals surface area contributed by atoms with Gasteiger partial charge in [-0.1, -0.05) is 334 Å². The van der Waals surface area contributed by atoms with Crippen molar-refractivity contribution in [3.8, 4) is 0 Å². The van der Waals surface area contributed by atoms with Gasteiger partial charge in [-0.25, -0.2) is 0 Å². The Morgan fingerprint density at radius 3 is 0.959 bits per heavy atom. The molecule has 0 bridgehead atoms. The molecule has 2 unspecified atom stereocenters. The summed E-state index contributed by atoms with van der Waals surface area (Å²) in [5.41, 5.74) is 0. The predicted octanol–water partition coefficient (Wildman–Crippen LogP) is 21.6. The van der Waals surface area contributed by atoms with Gasteiger partial charge in [0.05, 0.1) is 25.4 Å². The normalized spacial score (nSPS) is 12.5. The fourth-order valence-corrected chi connectivity index (χ4v) is 10.9. The molecule has 0 fully saturated rings. The SMILES string of the molecule is CCCCCCCCCCCCCCCCC(=O)OCCCCCCCCCCCCCC/C=C\CCCCCCCCCCCCCCCCC(=O)NC(CO)C(O)CCCCCCCCCCCCCCC. The van der Waals surface area contributed by atoms with Crippen molar-refractivity contribution < 1.29 is 24.5 Å². The topological polar surface area (TPSA) is 95.9 Å². The molecule has 0 aromatic carbocycles. The fourth-order valence-electron chi connectivity index (χ4n) is 10.9. The van der Waals surface area contributed by atoms with Gasteiger partial charge in [-0.05, 0) is 51.4 Å². The summed E-state index contributed by atoms with van der Waals surface area (Å²) in [4.78, 5) is 24.5. The van der Waals surface area contributed by atoms with Gasteiger partial charge in [-0.2, -0.15) is 0 Å². The zero-order valence-electron chi connectivity index (χ0n) is 50.4. The number of aliphatic hydroxyl groups is 2. The fraction of sp³-hybridized carbons (Fsp3) is 0.941. The molecule has 6 nitrogen and oxygen atoms in total. The minimum Gasteiger partial charge on any atom is -0.466 e. The van der Waals surface area contributed by atoms with Crippen LogP contribution in [0.3, 0.4) is 0 Å². The standard InChI is InChI=1S/C68H133NO5/c1-3-5-7-9-11-13-15-17-38-42-46-50-54-58-62-68(73)74-63-59-55-51-47-43-39-35-33-31-29-27-25-23-21-19-18-20-22-24-26-28-30-32-34-37-41-45-49-53-57-61-67(72)69-65(64-70)66(71)60-56-52-48-44-40-36-16-14-12-10-8-6-4-2/h19,21,65-66,70-71H,3-18,20,22-64H2,1-2H3,(H,69,72)/b21-19-. The molecule has 0 aliphatic carbocycles.